The van der Waals surface area contributed by atoms with Gasteiger partial charge in [0.05, 0.1) is 5.69 Å². The standard InChI is InChI=1S/C11H15BrFN3/c1-8-10(13)11(15-7-14-8)16-4-2-9(6-12)3-5-16/h7,9H,2-6H2,1H3. The summed E-state index contributed by atoms with van der Waals surface area (Å²) in [4.78, 5) is 9.90. The number of rotatable bonds is 2. The summed E-state index contributed by atoms with van der Waals surface area (Å²) in [6.45, 7) is 3.43. The first-order valence-electron chi connectivity index (χ1n) is 5.50. The van der Waals surface area contributed by atoms with Crippen LogP contribution in [0.2, 0.25) is 0 Å². The fourth-order valence-electron chi connectivity index (χ4n) is 1.96. The summed E-state index contributed by atoms with van der Waals surface area (Å²) in [6.07, 6.45) is 3.62. The Bertz CT molecular complexity index is 364. The lowest BCUT2D eigenvalue weighted by Gasteiger charge is -2.32. The molecule has 1 aromatic heterocycles. The predicted molar refractivity (Wildman–Crippen MR) is 65.5 cm³/mol. The molecule has 2 rings (SSSR count). The van der Waals surface area contributed by atoms with E-state index in [2.05, 4.69) is 25.9 Å². The van der Waals surface area contributed by atoms with Gasteiger partial charge in [-0.15, -0.1) is 0 Å². The fraction of sp³-hybridized carbons (Fsp3) is 0.636. The van der Waals surface area contributed by atoms with Crippen LogP contribution in [0.1, 0.15) is 18.5 Å². The summed E-state index contributed by atoms with van der Waals surface area (Å²) in [7, 11) is 0. The Morgan fingerprint density at radius 2 is 2.12 bits per heavy atom. The number of nitrogens with zero attached hydrogens (tertiary/aromatic N) is 3. The molecule has 0 radical (unpaired) electrons. The fourth-order valence-corrected chi connectivity index (χ4v) is 2.61. The maximum Gasteiger partial charge on any atom is 0.186 e. The average Bonchev–Trinajstić information content (AvgIpc) is 2.33. The molecule has 1 aliphatic heterocycles. The van der Waals surface area contributed by atoms with Crippen molar-refractivity contribution in [2.45, 2.75) is 19.8 Å². The number of hydrogen-bond acceptors (Lipinski definition) is 3. The minimum Gasteiger partial charge on any atom is -0.354 e. The third kappa shape index (κ3) is 2.34. The Labute approximate surface area is 103 Å². The molecule has 3 nitrogen and oxygen atoms in total. The molecule has 16 heavy (non-hydrogen) atoms. The van der Waals surface area contributed by atoms with Crippen LogP contribution in [0.15, 0.2) is 6.33 Å². The van der Waals surface area contributed by atoms with E-state index < -0.39 is 0 Å². The van der Waals surface area contributed by atoms with Gasteiger partial charge >= 0.3 is 0 Å². The van der Waals surface area contributed by atoms with Crippen LogP contribution in [-0.4, -0.2) is 28.4 Å². The molecule has 1 saturated heterocycles. The number of anilines is 1. The van der Waals surface area contributed by atoms with Gasteiger partial charge in [-0.3, -0.25) is 0 Å². The van der Waals surface area contributed by atoms with Gasteiger partial charge in [-0.1, -0.05) is 15.9 Å². The van der Waals surface area contributed by atoms with E-state index in [4.69, 9.17) is 0 Å². The monoisotopic (exact) mass is 287 g/mol. The van der Waals surface area contributed by atoms with Crippen molar-refractivity contribution >= 4 is 21.7 Å². The van der Waals surface area contributed by atoms with Gasteiger partial charge in [-0.2, -0.15) is 0 Å². The lowest BCUT2D eigenvalue weighted by molar-refractivity contribution is 0.439. The van der Waals surface area contributed by atoms with Crippen molar-refractivity contribution in [1.29, 1.82) is 0 Å². The van der Waals surface area contributed by atoms with Crippen LogP contribution in [0.5, 0.6) is 0 Å². The van der Waals surface area contributed by atoms with E-state index in [-0.39, 0.29) is 5.82 Å². The Hall–Kier alpha value is -0.710. The zero-order valence-corrected chi connectivity index (χ0v) is 10.9. The Kier molecular flexibility index (Phi) is 3.74. The molecule has 5 heteroatoms. The number of aromatic nitrogens is 2. The first-order valence-corrected chi connectivity index (χ1v) is 6.62. The molecular formula is C11H15BrFN3. The van der Waals surface area contributed by atoms with Crippen molar-refractivity contribution in [2.75, 3.05) is 23.3 Å². The topological polar surface area (TPSA) is 29.0 Å². The second-order valence-corrected chi connectivity index (χ2v) is 4.83. The van der Waals surface area contributed by atoms with Gasteiger partial charge < -0.3 is 4.90 Å². The number of hydrogen-bond donors (Lipinski definition) is 0. The van der Waals surface area contributed by atoms with Crippen molar-refractivity contribution in [1.82, 2.24) is 9.97 Å². The molecule has 1 aromatic rings. The summed E-state index contributed by atoms with van der Waals surface area (Å²) in [5, 5.41) is 1.03. The van der Waals surface area contributed by atoms with Crippen LogP contribution in [0.3, 0.4) is 0 Å². The van der Waals surface area contributed by atoms with Gasteiger partial charge in [0.2, 0.25) is 0 Å². The maximum atomic E-state index is 13.8. The SMILES string of the molecule is Cc1ncnc(N2CCC(CBr)CC2)c1F. The Balaban J connectivity index is 2.11. The molecule has 1 fully saturated rings. The smallest absolute Gasteiger partial charge is 0.186 e. The molecule has 0 aliphatic carbocycles. The minimum atomic E-state index is -0.278. The third-order valence-corrected chi connectivity index (χ3v) is 3.99. The van der Waals surface area contributed by atoms with Gasteiger partial charge in [-0.05, 0) is 25.7 Å². The predicted octanol–water partition coefficient (Wildman–Crippen LogP) is 2.54. The van der Waals surface area contributed by atoms with Crippen molar-refractivity contribution in [3.05, 3.63) is 17.8 Å². The average molecular weight is 288 g/mol. The highest BCUT2D eigenvalue weighted by atomic mass is 79.9. The highest BCUT2D eigenvalue weighted by Crippen LogP contribution is 2.25. The van der Waals surface area contributed by atoms with E-state index in [9.17, 15) is 4.39 Å². The molecule has 0 saturated carbocycles. The number of piperidine rings is 1. The largest absolute Gasteiger partial charge is 0.354 e. The van der Waals surface area contributed by atoms with E-state index in [1.165, 1.54) is 6.33 Å². The molecule has 0 atom stereocenters. The van der Waals surface area contributed by atoms with Crippen LogP contribution in [0.4, 0.5) is 10.2 Å². The zero-order valence-electron chi connectivity index (χ0n) is 9.29. The number of aryl methyl sites for hydroxylation is 1. The van der Waals surface area contributed by atoms with Crippen LogP contribution in [-0.2, 0) is 0 Å². The van der Waals surface area contributed by atoms with Crippen LogP contribution in [0, 0.1) is 18.7 Å². The quantitative estimate of drug-likeness (QED) is 0.783. The van der Waals surface area contributed by atoms with Crippen LogP contribution < -0.4 is 4.90 Å². The van der Waals surface area contributed by atoms with Crippen LogP contribution >= 0.6 is 15.9 Å². The maximum absolute atomic E-state index is 13.8. The highest BCUT2D eigenvalue weighted by molar-refractivity contribution is 9.09. The molecular weight excluding hydrogens is 273 g/mol. The van der Waals surface area contributed by atoms with E-state index in [1.807, 2.05) is 4.90 Å². The summed E-state index contributed by atoms with van der Waals surface area (Å²) in [5.41, 5.74) is 0.424. The molecule has 0 unspecified atom stereocenters. The molecule has 0 spiro atoms. The van der Waals surface area contributed by atoms with Crippen molar-refractivity contribution in [3.63, 3.8) is 0 Å². The Morgan fingerprint density at radius 1 is 1.44 bits per heavy atom. The molecule has 0 amide bonds. The lowest BCUT2D eigenvalue weighted by Crippen LogP contribution is -2.35. The third-order valence-electron chi connectivity index (χ3n) is 3.08. The molecule has 0 bridgehead atoms. The molecule has 2 heterocycles. The van der Waals surface area contributed by atoms with E-state index in [1.54, 1.807) is 6.92 Å². The summed E-state index contributed by atoms with van der Waals surface area (Å²) in [6, 6.07) is 0. The zero-order chi connectivity index (χ0) is 11.5. The van der Waals surface area contributed by atoms with Gasteiger partial charge in [0.15, 0.2) is 11.6 Å². The first-order chi connectivity index (χ1) is 7.72. The van der Waals surface area contributed by atoms with Crippen molar-refractivity contribution in [3.8, 4) is 0 Å². The summed E-state index contributed by atoms with van der Waals surface area (Å²) >= 11 is 3.49. The first kappa shape index (κ1) is 11.8. The van der Waals surface area contributed by atoms with Gasteiger partial charge in [0, 0.05) is 18.4 Å². The molecule has 1 aliphatic rings. The Morgan fingerprint density at radius 3 is 2.75 bits per heavy atom. The van der Waals surface area contributed by atoms with Crippen molar-refractivity contribution < 1.29 is 4.39 Å². The van der Waals surface area contributed by atoms with E-state index in [0.29, 0.717) is 17.4 Å². The molecule has 0 N–H and O–H groups in total. The lowest BCUT2D eigenvalue weighted by atomic mass is 9.99. The van der Waals surface area contributed by atoms with Gasteiger partial charge in [-0.25, -0.2) is 14.4 Å². The molecule has 88 valence electrons. The van der Waals surface area contributed by atoms with E-state index in [0.717, 1.165) is 31.3 Å². The summed E-state index contributed by atoms with van der Waals surface area (Å²) < 4.78 is 13.8. The second-order valence-electron chi connectivity index (χ2n) is 4.18. The second kappa shape index (κ2) is 5.08. The summed E-state index contributed by atoms with van der Waals surface area (Å²) in [5.74, 6) is 0.891. The number of alkyl halides is 1. The molecule has 0 aromatic carbocycles. The van der Waals surface area contributed by atoms with Gasteiger partial charge in [0.1, 0.15) is 6.33 Å². The number of halogens is 2. The van der Waals surface area contributed by atoms with Crippen LogP contribution in [0.25, 0.3) is 0 Å². The van der Waals surface area contributed by atoms with Crippen molar-refractivity contribution in [2.24, 2.45) is 5.92 Å². The normalized spacial score (nSPS) is 17.8. The van der Waals surface area contributed by atoms with Gasteiger partial charge in [0.25, 0.3) is 0 Å². The minimum absolute atomic E-state index is 0.278. The highest BCUT2D eigenvalue weighted by Gasteiger charge is 2.22. The van der Waals surface area contributed by atoms with E-state index >= 15 is 0 Å².